The second kappa shape index (κ2) is 11.4. The topological polar surface area (TPSA) is 169 Å². The summed E-state index contributed by atoms with van der Waals surface area (Å²) in [6.45, 7) is 1.08. The summed E-state index contributed by atoms with van der Waals surface area (Å²) in [6, 6.07) is 6.66. The van der Waals surface area contributed by atoms with Gasteiger partial charge in [-0.05, 0) is 36.4 Å². The monoisotopic (exact) mass is 490 g/mol. The quantitative estimate of drug-likeness (QED) is 0.488. The fourth-order valence-electron chi connectivity index (χ4n) is 3.03. The van der Waals surface area contributed by atoms with Crippen LogP contribution in [0.2, 0.25) is 0 Å². The minimum Gasteiger partial charge on any atom is -0.497 e. The van der Waals surface area contributed by atoms with Crippen LogP contribution in [-0.4, -0.2) is 60.1 Å². The van der Waals surface area contributed by atoms with E-state index in [0.717, 1.165) is 29.0 Å². The second-order valence-corrected chi connectivity index (χ2v) is 7.05. The van der Waals surface area contributed by atoms with Crippen molar-refractivity contribution in [2.45, 2.75) is 19.4 Å². The van der Waals surface area contributed by atoms with Gasteiger partial charge < -0.3 is 20.3 Å². The molecule has 1 atom stereocenters. The Balaban J connectivity index is 0.00000100. The zero-order valence-electron chi connectivity index (χ0n) is 19.0. The Labute approximate surface area is 199 Å². The second-order valence-electron chi connectivity index (χ2n) is 7.05. The molecule has 2 aromatic carbocycles. The molecule has 1 unspecified atom stereocenters. The first-order chi connectivity index (χ1) is 16.5. The Kier molecular flexibility index (Phi) is 8.69. The van der Waals surface area contributed by atoms with Crippen LogP contribution < -0.4 is 25.5 Å². The summed E-state index contributed by atoms with van der Waals surface area (Å²) in [4.78, 5) is 59.8. The summed E-state index contributed by atoms with van der Waals surface area (Å²) in [5.41, 5.74) is 7.71. The lowest BCUT2D eigenvalue weighted by atomic mass is 10.1. The molecule has 5 amide bonds. The van der Waals surface area contributed by atoms with Crippen LogP contribution in [0.3, 0.4) is 0 Å². The number of aliphatic carboxylic acids is 1. The van der Waals surface area contributed by atoms with Crippen LogP contribution in [0.4, 0.5) is 14.9 Å². The average Bonchev–Trinajstić information content (AvgIpc) is 3.02. The van der Waals surface area contributed by atoms with Gasteiger partial charge in [0.1, 0.15) is 23.4 Å². The molecule has 13 heteroatoms. The van der Waals surface area contributed by atoms with Gasteiger partial charge in [0.25, 0.3) is 17.8 Å². The van der Waals surface area contributed by atoms with Gasteiger partial charge in [0.05, 0.1) is 26.3 Å². The van der Waals surface area contributed by atoms with Gasteiger partial charge in [0.2, 0.25) is 5.91 Å². The molecule has 1 heterocycles. The normalized spacial score (nSPS) is 14.7. The van der Waals surface area contributed by atoms with Crippen molar-refractivity contribution < 1.29 is 42.9 Å². The first kappa shape index (κ1) is 26.6. The van der Waals surface area contributed by atoms with Crippen molar-refractivity contribution in [2.24, 2.45) is 5.73 Å². The number of amides is 5. The zero-order valence-corrected chi connectivity index (χ0v) is 19.0. The molecule has 3 rings (SSSR count). The van der Waals surface area contributed by atoms with Gasteiger partial charge in [-0.1, -0.05) is 0 Å². The molecule has 4 N–H and O–H groups in total. The number of hydrogen-bond acceptors (Lipinski definition) is 7. The SMILES string of the molecule is CC(=O)O.COc1cc(OC)cc(C(=O)NN2C(=O)N(c3ccc(F)cc3)C(=O)C2CC(N)=O)c1. The van der Waals surface area contributed by atoms with Crippen LogP contribution >= 0.6 is 0 Å². The largest absolute Gasteiger partial charge is 0.497 e. The summed E-state index contributed by atoms with van der Waals surface area (Å²) in [5, 5.41) is 8.14. The molecule has 0 radical (unpaired) electrons. The number of ether oxygens (including phenoxy) is 2. The van der Waals surface area contributed by atoms with Crippen LogP contribution in [0.5, 0.6) is 11.5 Å². The Bertz CT molecular complexity index is 1110. The number of imide groups is 1. The van der Waals surface area contributed by atoms with Crippen LogP contribution in [0.25, 0.3) is 0 Å². The van der Waals surface area contributed by atoms with Gasteiger partial charge in [-0.3, -0.25) is 24.6 Å². The van der Waals surface area contributed by atoms with E-state index < -0.39 is 48.0 Å². The Morgan fingerprint density at radius 1 is 1.06 bits per heavy atom. The van der Waals surface area contributed by atoms with E-state index in [9.17, 15) is 23.6 Å². The average molecular weight is 490 g/mol. The predicted octanol–water partition coefficient (Wildman–Crippen LogP) is 1.29. The standard InChI is InChI=1S/C20H19FN4O6.C2H4O2/c1-30-14-7-11(8-15(9-14)31-2)18(27)23-25-16(10-17(22)26)19(28)24(20(25)29)13-5-3-12(21)4-6-13;1-2(3)4/h3-9,16H,10H2,1-2H3,(H2,22,26)(H,23,27);1H3,(H,3,4). The maximum atomic E-state index is 13.2. The van der Waals surface area contributed by atoms with Crippen molar-refractivity contribution in [3.63, 3.8) is 0 Å². The number of rotatable bonds is 7. The number of nitrogens with zero attached hydrogens (tertiary/aromatic N) is 2. The third-order valence-electron chi connectivity index (χ3n) is 4.53. The maximum absolute atomic E-state index is 13.2. The lowest BCUT2D eigenvalue weighted by Crippen LogP contribution is -2.50. The van der Waals surface area contributed by atoms with Gasteiger partial charge in [0.15, 0.2) is 0 Å². The number of nitrogens with two attached hydrogens (primary N) is 1. The molecule has 12 nitrogen and oxygen atoms in total. The van der Waals surface area contributed by atoms with E-state index in [4.69, 9.17) is 25.1 Å². The van der Waals surface area contributed by atoms with E-state index in [-0.39, 0.29) is 11.3 Å². The van der Waals surface area contributed by atoms with Gasteiger partial charge in [-0.25, -0.2) is 19.1 Å². The molecule has 1 aliphatic rings. The first-order valence-corrected chi connectivity index (χ1v) is 9.93. The Morgan fingerprint density at radius 3 is 2.03 bits per heavy atom. The molecule has 1 aliphatic heterocycles. The summed E-state index contributed by atoms with van der Waals surface area (Å²) in [6.07, 6.45) is -0.524. The summed E-state index contributed by atoms with van der Waals surface area (Å²) in [7, 11) is 2.81. The lowest BCUT2D eigenvalue weighted by Gasteiger charge is -2.22. The van der Waals surface area contributed by atoms with Crippen LogP contribution in [0, 0.1) is 5.82 Å². The van der Waals surface area contributed by atoms with Crippen molar-refractivity contribution in [3.8, 4) is 11.5 Å². The third kappa shape index (κ3) is 6.66. The van der Waals surface area contributed by atoms with E-state index >= 15 is 0 Å². The number of benzene rings is 2. The molecule has 186 valence electrons. The highest BCUT2D eigenvalue weighted by Gasteiger charge is 2.47. The van der Waals surface area contributed by atoms with E-state index in [0.29, 0.717) is 11.5 Å². The molecule has 2 aromatic rings. The number of methoxy groups -OCH3 is 2. The summed E-state index contributed by atoms with van der Waals surface area (Å²) < 4.78 is 23.5. The fourth-order valence-corrected chi connectivity index (χ4v) is 3.03. The highest BCUT2D eigenvalue weighted by molar-refractivity contribution is 6.22. The molecule has 1 fully saturated rings. The van der Waals surface area contributed by atoms with Crippen molar-refractivity contribution in [1.82, 2.24) is 10.4 Å². The van der Waals surface area contributed by atoms with Crippen LogP contribution in [0.15, 0.2) is 42.5 Å². The number of primary amides is 1. The number of carbonyl (C=O) groups is 5. The molecule has 1 saturated heterocycles. The number of anilines is 1. The predicted molar refractivity (Wildman–Crippen MR) is 119 cm³/mol. The van der Waals surface area contributed by atoms with Gasteiger partial charge >= 0.3 is 6.03 Å². The van der Waals surface area contributed by atoms with Crippen molar-refractivity contribution in [2.75, 3.05) is 19.1 Å². The molecular weight excluding hydrogens is 467 g/mol. The Hall–Kier alpha value is -4.68. The van der Waals surface area contributed by atoms with Crippen LogP contribution in [0.1, 0.15) is 23.7 Å². The number of hydrazine groups is 1. The number of nitrogens with one attached hydrogen (secondary N) is 1. The Morgan fingerprint density at radius 2 is 1.57 bits per heavy atom. The van der Waals surface area contributed by atoms with Gasteiger partial charge in [-0.2, -0.15) is 0 Å². The summed E-state index contributed by atoms with van der Waals surface area (Å²) >= 11 is 0. The number of carbonyl (C=O) groups excluding carboxylic acids is 4. The number of halogens is 1. The van der Waals surface area contributed by atoms with E-state index in [1.54, 1.807) is 6.07 Å². The van der Waals surface area contributed by atoms with Gasteiger partial charge in [0, 0.05) is 18.6 Å². The third-order valence-corrected chi connectivity index (χ3v) is 4.53. The molecule has 0 saturated carbocycles. The smallest absolute Gasteiger partial charge is 0.350 e. The first-order valence-electron chi connectivity index (χ1n) is 9.93. The van der Waals surface area contributed by atoms with E-state index in [1.165, 1.54) is 38.5 Å². The summed E-state index contributed by atoms with van der Waals surface area (Å²) in [5.74, 6) is -3.14. The zero-order chi connectivity index (χ0) is 26.3. The van der Waals surface area contributed by atoms with E-state index in [2.05, 4.69) is 5.43 Å². The number of carboxylic acids is 1. The van der Waals surface area contributed by atoms with Crippen molar-refractivity contribution in [3.05, 3.63) is 53.8 Å². The highest BCUT2D eigenvalue weighted by Crippen LogP contribution is 2.27. The minimum absolute atomic E-state index is 0.0747. The lowest BCUT2D eigenvalue weighted by molar-refractivity contribution is -0.134. The maximum Gasteiger partial charge on any atom is 0.350 e. The van der Waals surface area contributed by atoms with Crippen LogP contribution in [-0.2, 0) is 14.4 Å². The minimum atomic E-state index is -1.37. The number of hydrogen-bond donors (Lipinski definition) is 3. The van der Waals surface area contributed by atoms with Crippen molar-refractivity contribution >= 4 is 35.4 Å². The van der Waals surface area contributed by atoms with Gasteiger partial charge in [-0.15, -0.1) is 0 Å². The molecule has 0 bridgehead atoms. The molecule has 0 aromatic heterocycles. The number of carboxylic acid groups (broad SMARTS) is 1. The van der Waals surface area contributed by atoms with Crippen molar-refractivity contribution in [1.29, 1.82) is 0 Å². The molecular formula is C22H23FN4O8. The molecule has 0 aliphatic carbocycles. The number of urea groups is 1. The molecule has 0 spiro atoms. The highest BCUT2D eigenvalue weighted by atomic mass is 19.1. The molecule has 35 heavy (non-hydrogen) atoms. The van der Waals surface area contributed by atoms with E-state index in [1.807, 2.05) is 0 Å². The fraction of sp³-hybridized carbons (Fsp3) is 0.227.